The number of aliphatic hydroxyl groups excluding tert-OH is 1. The third kappa shape index (κ3) is 2.15. The first-order valence-corrected chi connectivity index (χ1v) is 6.18. The molecule has 1 atom stereocenters. The van der Waals surface area contributed by atoms with Crippen molar-refractivity contribution in [3.8, 4) is 0 Å². The lowest BCUT2D eigenvalue weighted by Crippen LogP contribution is -2.08. The van der Waals surface area contributed by atoms with Crippen molar-refractivity contribution in [3.05, 3.63) is 34.3 Å². The van der Waals surface area contributed by atoms with Crippen LogP contribution in [0.3, 0.4) is 0 Å². The predicted molar refractivity (Wildman–Crippen MR) is 63.4 cm³/mol. The van der Waals surface area contributed by atoms with Gasteiger partial charge in [-0.25, -0.2) is 9.97 Å². The minimum atomic E-state index is -0.500. The Balaban J connectivity index is 2.13. The minimum Gasteiger partial charge on any atom is -0.387 e. The summed E-state index contributed by atoms with van der Waals surface area (Å²) in [5, 5.41) is 10.1. The van der Waals surface area contributed by atoms with Gasteiger partial charge in [0.15, 0.2) is 0 Å². The normalized spacial score (nSPS) is 12.9. The van der Waals surface area contributed by atoms with Crippen LogP contribution in [0.1, 0.15) is 29.4 Å². The largest absolute Gasteiger partial charge is 0.387 e. The lowest BCUT2D eigenvalue weighted by molar-refractivity contribution is 0.177. The number of hydrogen-bond acceptors (Lipinski definition) is 4. The maximum atomic E-state index is 10.1. The van der Waals surface area contributed by atoms with Crippen LogP contribution in [0.5, 0.6) is 0 Å². The molecule has 0 spiro atoms. The van der Waals surface area contributed by atoms with Gasteiger partial charge in [0.05, 0.1) is 22.2 Å². The summed E-state index contributed by atoms with van der Waals surface area (Å²) in [5.74, 6) is 0.919. The summed E-state index contributed by atoms with van der Waals surface area (Å²) < 4.78 is 2.04. The second-order valence-electron chi connectivity index (χ2n) is 3.65. The first-order valence-electron chi connectivity index (χ1n) is 5.30. The number of aryl methyl sites for hydroxylation is 2. The van der Waals surface area contributed by atoms with E-state index in [1.54, 1.807) is 11.7 Å². The Morgan fingerprint density at radius 1 is 1.50 bits per heavy atom. The van der Waals surface area contributed by atoms with Gasteiger partial charge in [0, 0.05) is 25.4 Å². The van der Waals surface area contributed by atoms with E-state index in [4.69, 9.17) is 0 Å². The van der Waals surface area contributed by atoms with E-state index in [0.717, 1.165) is 22.9 Å². The molecule has 1 N–H and O–H groups in total. The Morgan fingerprint density at radius 3 is 2.94 bits per heavy atom. The molecule has 2 aromatic rings. The van der Waals surface area contributed by atoms with Crippen LogP contribution < -0.4 is 0 Å². The summed E-state index contributed by atoms with van der Waals surface area (Å²) in [5.41, 5.74) is 2.67. The Kier molecular flexibility index (Phi) is 3.36. The van der Waals surface area contributed by atoms with E-state index in [2.05, 4.69) is 16.9 Å². The lowest BCUT2D eigenvalue weighted by atomic mass is 10.2. The molecule has 0 fully saturated rings. The summed E-state index contributed by atoms with van der Waals surface area (Å²) in [6.45, 7) is 4.86. The molecule has 2 heterocycles. The van der Waals surface area contributed by atoms with E-state index < -0.39 is 6.10 Å². The number of nitrogens with zero attached hydrogens (tertiary/aromatic N) is 3. The number of aromatic nitrogens is 3. The first kappa shape index (κ1) is 11.3. The Bertz CT molecular complexity index is 463. The van der Waals surface area contributed by atoms with Crippen molar-refractivity contribution in [1.29, 1.82) is 0 Å². The lowest BCUT2D eigenvalue weighted by Gasteiger charge is -2.10. The van der Waals surface area contributed by atoms with Crippen LogP contribution in [-0.2, 0) is 13.0 Å². The Labute approximate surface area is 98.6 Å². The zero-order chi connectivity index (χ0) is 11.5. The topological polar surface area (TPSA) is 50.9 Å². The van der Waals surface area contributed by atoms with Gasteiger partial charge in [0.25, 0.3) is 0 Å². The smallest absolute Gasteiger partial charge is 0.111 e. The zero-order valence-corrected chi connectivity index (χ0v) is 10.2. The monoisotopic (exact) mass is 237 g/mol. The molecule has 0 saturated carbocycles. The van der Waals surface area contributed by atoms with Crippen LogP contribution in [0.2, 0.25) is 0 Å². The molecule has 0 saturated heterocycles. The van der Waals surface area contributed by atoms with Crippen molar-refractivity contribution < 1.29 is 5.11 Å². The number of imidazole rings is 1. The average molecular weight is 237 g/mol. The highest BCUT2D eigenvalue weighted by molar-refractivity contribution is 7.09. The SMILES string of the molecule is CCn1ccnc1CC(O)c1scnc1C. The molecule has 0 aromatic carbocycles. The molecule has 0 aliphatic carbocycles. The van der Waals surface area contributed by atoms with Crippen LogP contribution in [0.25, 0.3) is 0 Å². The number of rotatable bonds is 4. The molecule has 16 heavy (non-hydrogen) atoms. The van der Waals surface area contributed by atoms with Crippen molar-refractivity contribution in [2.45, 2.75) is 32.9 Å². The minimum absolute atomic E-state index is 0.500. The second-order valence-corrected chi connectivity index (χ2v) is 4.54. The van der Waals surface area contributed by atoms with E-state index in [1.807, 2.05) is 17.7 Å². The van der Waals surface area contributed by atoms with E-state index in [0.29, 0.717) is 6.42 Å². The highest BCUT2D eigenvalue weighted by Gasteiger charge is 2.15. The summed E-state index contributed by atoms with van der Waals surface area (Å²) in [7, 11) is 0. The fourth-order valence-corrected chi connectivity index (χ4v) is 2.50. The molecule has 0 aliphatic rings. The van der Waals surface area contributed by atoms with Gasteiger partial charge in [-0.3, -0.25) is 0 Å². The van der Waals surface area contributed by atoms with Crippen LogP contribution in [0.15, 0.2) is 17.9 Å². The first-order chi connectivity index (χ1) is 7.72. The summed E-state index contributed by atoms with van der Waals surface area (Å²) in [6, 6.07) is 0. The van der Waals surface area contributed by atoms with E-state index in [-0.39, 0.29) is 0 Å². The van der Waals surface area contributed by atoms with Gasteiger partial charge in [0.2, 0.25) is 0 Å². The molecule has 86 valence electrons. The number of hydrogen-bond donors (Lipinski definition) is 1. The van der Waals surface area contributed by atoms with Crippen molar-refractivity contribution in [1.82, 2.24) is 14.5 Å². The molecule has 5 heteroatoms. The van der Waals surface area contributed by atoms with Crippen LogP contribution >= 0.6 is 11.3 Å². The van der Waals surface area contributed by atoms with Crippen LogP contribution in [0, 0.1) is 6.92 Å². The van der Waals surface area contributed by atoms with Crippen LogP contribution in [-0.4, -0.2) is 19.6 Å². The van der Waals surface area contributed by atoms with Crippen molar-refractivity contribution >= 4 is 11.3 Å². The van der Waals surface area contributed by atoms with Gasteiger partial charge in [-0.1, -0.05) is 0 Å². The fourth-order valence-electron chi connectivity index (χ4n) is 1.71. The average Bonchev–Trinajstić information content (AvgIpc) is 2.86. The van der Waals surface area contributed by atoms with Gasteiger partial charge < -0.3 is 9.67 Å². The third-order valence-corrected chi connectivity index (χ3v) is 3.64. The Morgan fingerprint density at radius 2 is 2.31 bits per heavy atom. The molecular weight excluding hydrogens is 222 g/mol. The Hall–Kier alpha value is -1.20. The standard InChI is InChI=1S/C11H15N3OS/c1-3-14-5-4-12-10(14)6-9(15)11-8(2)13-7-16-11/h4-5,7,9,15H,3,6H2,1-2H3. The molecule has 2 aromatic heterocycles. The maximum absolute atomic E-state index is 10.1. The highest BCUT2D eigenvalue weighted by atomic mass is 32.1. The molecule has 1 unspecified atom stereocenters. The molecular formula is C11H15N3OS. The molecule has 0 radical (unpaired) electrons. The van der Waals surface area contributed by atoms with Gasteiger partial charge in [-0.15, -0.1) is 11.3 Å². The van der Waals surface area contributed by atoms with Crippen molar-refractivity contribution in [2.75, 3.05) is 0 Å². The van der Waals surface area contributed by atoms with Gasteiger partial charge in [-0.05, 0) is 13.8 Å². The summed E-state index contributed by atoms with van der Waals surface area (Å²) >= 11 is 1.49. The zero-order valence-electron chi connectivity index (χ0n) is 9.42. The second kappa shape index (κ2) is 4.76. The van der Waals surface area contributed by atoms with E-state index in [9.17, 15) is 5.11 Å². The van der Waals surface area contributed by atoms with E-state index >= 15 is 0 Å². The van der Waals surface area contributed by atoms with Gasteiger partial charge in [0.1, 0.15) is 5.82 Å². The van der Waals surface area contributed by atoms with Crippen LogP contribution in [0.4, 0.5) is 0 Å². The predicted octanol–water partition coefficient (Wildman–Crippen LogP) is 1.94. The van der Waals surface area contributed by atoms with Gasteiger partial charge >= 0.3 is 0 Å². The molecule has 0 bridgehead atoms. The number of thiazole rings is 1. The summed E-state index contributed by atoms with van der Waals surface area (Å²) in [4.78, 5) is 9.33. The fraction of sp³-hybridized carbons (Fsp3) is 0.455. The molecule has 2 rings (SSSR count). The number of aliphatic hydroxyl groups is 1. The third-order valence-electron chi connectivity index (χ3n) is 2.60. The van der Waals surface area contributed by atoms with Crippen molar-refractivity contribution in [3.63, 3.8) is 0 Å². The van der Waals surface area contributed by atoms with Crippen molar-refractivity contribution in [2.24, 2.45) is 0 Å². The molecule has 4 nitrogen and oxygen atoms in total. The molecule has 0 aliphatic heterocycles. The maximum Gasteiger partial charge on any atom is 0.111 e. The van der Waals surface area contributed by atoms with Gasteiger partial charge in [-0.2, -0.15) is 0 Å². The quantitative estimate of drug-likeness (QED) is 0.884. The molecule has 0 amide bonds. The highest BCUT2D eigenvalue weighted by Crippen LogP contribution is 2.24. The van der Waals surface area contributed by atoms with E-state index in [1.165, 1.54) is 11.3 Å². The summed E-state index contributed by atoms with van der Waals surface area (Å²) in [6.07, 6.45) is 3.75.